The third-order valence-electron chi connectivity index (χ3n) is 5.97. The Bertz CT molecular complexity index is 725. The van der Waals surface area contributed by atoms with E-state index in [2.05, 4.69) is 74.6 Å². The van der Waals surface area contributed by atoms with Crippen molar-refractivity contribution in [1.29, 1.82) is 0 Å². The highest BCUT2D eigenvalue weighted by Crippen LogP contribution is 2.46. The summed E-state index contributed by atoms with van der Waals surface area (Å²) in [5.74, 6) is 0. The van der Waals surface area contributed by atoms with E-state index in [1.165, 1.54) is 24.9 Å². The Morgan fingerprint density at radius 3 is 2.17 bits per heavy atom. The molecule has 0 aromatic heterocycles. The van der Waals surface area contributed by atoms with Gasteiger partial charge in [-0.25, -0.2) is 0 Å². The maximum Gasteiger partial charge on any atom is 0.134 e. The molecule has 0 N–H and O–H groups in total. The number of fused-ring (bicyclic) bond motifs is 2. The predicted octanol–water partition coefficient (Wildman–Crippen LogP) is 0.593. The lowest BCUT2D eigenvalue weighted by atomic mass is 9.80. The molecule has 0 fully saturated rings. The summed E-state index contributed by atoms with van der Waals surface area (Å²) in [6.45, 7) is 2.37. The van der Waals surface area contributed by atoms with E-state index >= 15 is 0 Å². The van der Waals surface area contributed by atoms with Gasteiger partial charge in [-0.2, -0.15) is 0 Å². The highest BCUT2D eigenvalue weighted by Gasteiger charge is 2.45. The Morgan fingerprint density at radius 1 is 0.875 bits per heavy atom. The number of hydrogen-bond donors (Lipinski definition) is 0. The smallest absolute Gasteiger partial charge is 0.134 e. The number of rotatable bonds is 1. The molecule has 4 rings (SSSR count). The molecule has 2 aromatic rings. The van der Waals surface area contributed by atoms with Crippen molar-refractivity contribution in [3.8, 4) is 0 Å². The molecular weight excluding hydrogens is 407 g/mol. The Morgan fingerprint density at radius 2 is 1.46 bits per heavy atom. The summed E-state index contributed by atoms with van der Waals surface area (Å²) >= 11 is 0. The zero-order valence-corrected chi connectivity index (χ0v) is 17.0. The van der Waals surface area contributed by atoms with Crippen molar-refractivity contribution in [1.82, 2.24) is 4.90 Å². The average molecular weight is 434 g/mol. The number of nitrogens with zero attached hydrogens (tertiary/aromatic N) is 2. The van der Waals surface area contributed by atoms with Crippen molar-refractivity contribution in [3.63, 3.8) is 0 Å². The number of quaternary nitrogens is 1. The molecular formula is C21H27IN2. The van der Waals surface area contributed by atoms with Gasteiger partial charge < -0.3 is 28.5 Å². The molecule has 0 unspecified atom stereocenters. The zero-order chi connectivity index (χ0) is 16.0. The molecule has 0 aliphatic carbocycles. The number of hydrogen-bond acceptors (Lipinski definition) is 1. The SMILES string of the molecule is CN1CCc2ccccc2[C@@H]1[C@H]1c2ccccc2CC[N+]1(C)C.[I-]. The van der Waals surface area contributed by atoms with Gasteiger partial charge in [0.05, 0.1) is 26.7 Å². The molecule has 0 amide bonds. The van der Waals surface area contributed by atoms with Crippen LogP contribution in [0.15, 0.2) is 48.5 Å². The van der Waals surface area contributed by atoms with Crippen molar-refractivity contribution in [3.05, 3.63) is 70.8 Å². The summed E-state index contributed by atoms with van der Waals surface area (Å²) in [4.78, 5) is 2.58. The summed E-state index contributed by atoms with van der Waals surface area (Å²) < 4.78 is 1.07. The van der Waals surface area contributed by atoms with Gasteiger partial charge >= 0.3 is 0 Å². The molecule has 0 radical (unpaired) electrons. The molecule has 0 spiro atoms. The van der Waals surface area contributed by atoms with E-state index < -0.39 is 0 Å². The number of benzene rings is 2. The molecule has 2 atom stereocenters. The molecule has 128 valence electrons. The molecule has 2 aromatic carbocycles. The van der Waals surface area contributed by atoms with E-state index in [0.29, 0.717) is 12.1 Å². The van der Waals surface area contributed by atoms with Gasteiger partial charge in [-0.1, -0.05) is 48.5 Å². The van der Waals surface area contributed by atoms with Gasteiger partial charge in [0.25, 0.3) is 0 Å². The number of likely N-dealkylation sites (N-methyl/N-ethyl adjacent to an activating group) is 2. The minimum absolute atomic E-state index is 0. The predicted molar refractivity (Wildman–Crippen MR) is 95.4 cm³/mol. The van der Waals surface area contributed by atoms with Crippen LogP contribution in [0.2, 0.25) is 0 Å². The molecule has 2 aliphatic heterocycles. The first-order valence-electron chi connectivity index (χ1n) is 8.76. The van der Waals surface area contributed by atoms with Crippen LogP contribution in [0.4, 0.5) is 0 Å². The minimum atomic E-state index is 0. The van der Waals surface area contributed by atoms with Crippen molar-refractivity contribution < 1.29 is 28.5 Å². The summed E-state index contributed by atoms with van der Waals surface area (Å²) in [5, 5.41) is 0. The summed E-state index contributed by atoms with van der Waals surface area (Å²) in [6.07, 6.45) is 2.36. The lowest BCUT2D eigenvalue weighted by Gasteiger charge is -2.50. The standard InChI is InChI=1S/C21H27N2.HI/c1-22-14-12-16-8-4-6-10-18(16)20(22)21-19-11-7-5-9-17(19)13-15-23(21,2)3;/h4-11,20-21H,12-15H2,1-3H3;1H/q+1;/p-1/t20-,21-;/m1./s1. The van der Waals surface area contributed by atoms with E-state index in [4.69, 9.17) is 0 Å². The van der Waals surface area contributed by atoms with Crippen LogP contribution in [-0.2, 0) is 12.8 Å². The Kier molecular flexibility index (Phi) is 5.05. The second kappa shape index (κ2) is 6.77. The number of halogens is 1. The maximum absolute atomic E-state index is 2.58. The third-order valence-corrected chi connectivity index (χ3v) is 5.97. The van der Waals surface area contributed by atoms with E-state index in [9.17, 15) is 0 Å². The van der Waals surface area contributed by atoms with Gasteiger partial charge in [0.1, 0.15) is 6.04 Å². The monoisotopic (exact) mass is 434 g/mol. The lowest BCUT2D eigenvalue weighted by molar-refractivity contribution is -0.926. The normalized spacial score (nSPS) is 25.3. The van der Waals surface area contributed by atoms with Crippen LogP contribution in [0.5, 0.6) is 0 Å². The van der Waals surface area contributed by atoms with E-state index in [-0.39, 0.29) is 24.0 Å². The maximum atomic E-state index is 2.58. The average Bonchev–Trinajstić information content (AvgIpc) is 2.56. The first-order chi connectivity index (χ1) is 11.1. The Hall–Kier alpha value is -0.910. The fourth-order valence-corrected chi connectivity index (χ4v) is 4.66. The summed E-state index contributed by atoms with van der Waals surface area (Å²) in [6, 6.07) is 19.2. The first kappa shape index (κ1) is 17.9. The molecule has 3 heteroatoms. The van der Waals surface area contributed by atoms with Gasteiger partial charge in [-0.15, -0.1) is 0 Å². The summed E-state index contributed by atoms with van der Waals surface area (Å²) in [5.41, 5.74) is 6.18. The molecule has 0 saturated carbocycles. The fourth-order valence-electron chi connectivity index (χ4n) is 4.66. The minimum Gasteiger partial charge on any atom is -1.00 e. The van der Waals surface area contributed by atoms with Crippen LogP contribution >= 0.6 is 0 Å². The third kappa shape index (κ3) is 2.91. The van der Waals surface area contributed by atoms with Crippen molar-refractivity contribution in [2.75, 3.05) is 34.2 Å². The second-order valence-electron chi connectivity index (χ2n) is 7.77. The molecule has 2 aliphatic rings. The first-order valence-corrected chi connectivity index (χ1v) is 8.76. The van der Waals surface area contributed by atoms with Crippen molar-refractivity contribution in [2.24, 2.45) is 0 Å². The van der Waals surface area contributed by atoms with Crippen LogP contribution in [-0.4, -0.2) is 43.6 Å². The van der Waals surface area contributed by atoms with E-state index in [1.807, 2.05) is 0 Å². The van der Waals surface area contributed by atoms with Gasteiger partial charge in [-0.3, -0.25) is 4.90 Å². The van der Waals surface area contributed by atoms with Gasteiger partial charge in [0.15, 0.2) is 0 Å². The van der Waals surface area contributed by atoms with Crippen LogP contribution in [0.25, 0.3) is 0 Å². The topological polar surface area (TPSA) is 3.24 Å². The molecule has 2 nitrogen and oxygen atoms in total. The highest BCUT2D eigenvalue weighted by atomic mass is 127. The van der Waals surface area contributed by atoms with Crippen molar-refractivity contribution in [2.45, 2.75) is 24.9 Å². The molecule has 0 saturated heterocycles. The zero-order valence-electron chi connectivity index (χ0n) is 14.9. The molecule has 2 heterocycles. The van der Waals surface area contributed by atoms with Gasteiger partial charge in [0.2, 0.25) is 0 Å². The van der Waals surface area contributed by atoms with Gasteiger partial charge in [-0.05, 0) is 30.2 Å². The summed E-state index contributed by atoms with van der Waals surface area (Å²) in [7, 11) is 7.12. The lowest BCUT2D eigenvalue weighted by Crippen LogP contribution is -3.00. The quantitative estimate of drug-likeness (QED) is 0.470. The van der Waals surface area contributed by atoms with Crippen LogP contribution < -0.4 is 24.0 Å². The van der Waals surface area contributed by atoms with E-state index in [0.717, 1.165) is 11.0 Å². The van der Waals surface area contributed by atoms with E-state index in [1.54, 1.807) is 16.7 Å². The fraction of sp³-hybridized carbons (Fsp3) is 0.429. The largest absolute Gasteiger partial charge is 1.00 e. The molecule has 0 bridgehead atoms. The second-order valence-corrected chi connectivity index (χ2v) is 7.77. The van der Waals surface area contributed by atoms with Crippen LogP contribution in [0.3, 0.4) is 0 Å². The van der Waals surface area contributed by atoms with Gasteiger partial charge in [0, 0.05) is 18.5 Å². The molecule has 24 heavy (non-hydrogen) atoms. The Balaban J connectivity index is 0.00000169. The Labute approximate surface area is 163 Å². The van der Waals surface area contributed by atoms with Crippen LogP contribution in [0, 0.1) is 0 Å². The highest BCUT2D eigenvalue weighted by molar-refractivity contribution is 5.38. The van der Waals surface area contributed by atoms with Crippen LogP contribution in [0.1, 0.15) is 34.3 Å². The van der Waals surface area contributed by atoms with Crippen molar-refractivity contribution >= 4 is 0 Å².